The fraction of sp³-hybridized carbons (Fsp3) is 0.375. The van der Waals surface area contributed by atoms with Crippen LogP contribution in [0.25, 0.3) is 5.69 Å². The zero-order chi connectivity index (χ0) is 15.7. The van der Waals surface area contributed by atoms with Gasteiger partial charge >= 0.3 is 0 Å². The van der Waals surface area contributed by atoms with Gasteiger partial charge in [-0.25, -0.2) is 4.68 Å². The lowest BCUT2D eigenvalue weighted by molar-refractivity contribution is 0.0933. The molecule has 1 aliphatic rings. The molecule has 1 heterocycles. The molecule has 1 aromatic heterocycles. The summed E-state index contributed by atoms with van der Waals surface area (Å²) in [6.45, 7) is 2.30. The molecule has 0 aliphatic heterocycles. The highest BCUT2D eigenvalue weighted by molar-refractivity contribution is 6.30. The molecule has 1 fully saturated rings. The van der Waals surface area contributed by atoms with E-state index in [0.717, 1.165) is 18.5 Å². The Labute approximate surface area is 134 Å². The van der Waals surface area contributed by atoms with Gasteiger partial charge in [-0.15, -0.1) is 0 Å². The zero-order valence-electron chi connectivity index (χ0n) is 12.4. The number of amides is 1. The fourth-order valence-corrected chi connectivity index (χ4v) is 2.65. The maximum atomic E-state index is 12.4. The molecule has 2 aromatic rings. The molecule has 1 aromatic carbocycles. The van der Waals surface area contributed by atoms with Crippen LogP contribution in [-0.4, -0.2) is 28.3 Å². The van der Waals surface area contributed by atoms with E-state index in [-0.39, 0.29) is 11.9 Å². The molecule has 1 saturated carbocycles. The van der Waals surface area contributed by atoms with Gasteiger partial charge in [0.2, 0.25) is 0 Å². The van der Waals surface area contributed by atoms with E-state index in [2.05, 4.69) is 10.4 Å². The number of carbonyl (C=O) groups excluding carboxylic acids is 1. The molecule has 22 heavy (non-hydrogen) atoms. The van der Waals surface area contributed by atoms with Crippen LogP contribution in [0.15, 0.2) is 30.5 Å². The molecule has 3 N–H and O–H groups in total. The van der Waals surface area contributed by atoms with Gasteiger partial charge in [-0.1, -0.05) is 11.6 Å². The van der Waals surface area contributed by atoms with E-state index in [1.165, 1.54) is 0 Å². The summed E-state index contributed by atoms with van der Waals surface area (Å²) in [5.41, 5.74) is 7.88. The van der Waals surface area contributed by atoms with Crippen LogP contribution >= 0.6 is 11.6 Å². The summed E-state index contributed by atoms with van der Waals surface area (Å²) in [6, 6.07) is 7.38. The van der Waals surface area contributed by atoms with Gasteiger partial charge in [0.05, 0.1) is 16.9 Å². The van der Waals surface area contributed by atoms with Gasteiger partial charge in [0.15, 0.2) is 0 Å². The minimum absolute atomic E-state index is 0.0609. The number of aromatic nitrogens is 2. The normalized spacial score (nSPS) is 15.6. The summed E-state index contributed by atoms with van der Waals surface area (Å²) < 4.78 is 1.69. The van der Waals surface area contributed by atoms with Crippen molar-refractivity contribution in [1.82, 2.24) is 15.1 Å². The first-order valence-corrected chi connectivity index (χ1v) is 7.79. The highest BCUT2D eigenvalue weighted by Crippen LogP contribution is 2.32. The number of rotatable bonds is 5. The van der Waals surface area contributed by atoms with Gasteiger partial charge in [-0.2, -0.15) is 5.10 Å². The molecular formula is C16H19ClN4O. The predicted molar refractivity (Wildman–Crippen MR) is 86.3 cm³/mol. The van der Waals surface area contributed by atoms with Crippen molar-refractivity contribution in [1.29, 1.82) is 0 Å². The number of hydrogen-bond acceptors (Lipinski definition) is 3. The second-order valence-corrected chi connectivity index (χ2v) is 6.14. The minimum atomic E-state index is -0.111. The lowest BCUT2D eigenvalue weighted by atomic mass is 10.1. The number of nitrogens with one attached hydrogen (secondary N) is 1. The fourth-order valence-electron chi connectivity index (χ4n) is 2.52. The van der Waals surface area contributed by atoms with E-state index in [1.54, 1.807) is 23.0 Å². The van der Waals surface area contributed by atoms with Gasteiger partial charge < -0.3 is 11.1 Å². The van der Waals surface area contributed by atoms with Gasteiger partial charge in [0, 0.05) is 23.8 Å². The van der Waals surface area contributed by atoms with Crippen molar-refractivity contribution in [2.75, 3.05) is 6.54 Å². The zero-order valence-corrected chi connectivity index (χ0v) is 13.2. The van der Waals surface area contributed by atoms with E-state index in [4.69, 9.17) is 17.3 Å². The number of benzene rings is 1. The predicted octanol–water partition coefficient (Wildman–Crippen LogP) is 2.30. The van der Waals surface area contributed by atoms with Crippen LogP contribution in [0, 0.1) is 12.8 Å². The SMILES string of the molecule is Cc1nn(-c2ccc(Cl)cc2)cc1C(=O)NC(CN)C1CC1. The van der Waals surface area contributed by atoms with E-state index in [0.29, 0.717) is 28.7 Å². The molecule has 5 nitrogen and oxygen atoms in total. The standard InChI is InChI=1S/C16H19ClN4O/c1-10-14(16(22)19-15(8-18)11-2-3-11)9-21(20-10)13-6-4-12(17)5-7-13/h4-7,9,11,15H,2-3,8,18H2,1H3,(H,19,22). The van der Waals surface area contributed by atoms with Crippen LogP contribution in [0.1, 0.15) is 28.9 Å². The molecule has 1 unspecified atom stereocenters. The Morgan fingerprint density at radius 3 is 2.73 bits per heavy atom. The van der Waals surface area contributed by atoms with Crippen molar-refractivity contribution >= 4 is 17.5 Å². The highest BCUT2D eigenvalue weighted by Gasteiger charge is 2.31. The smallest absolute Gasteiger partial charge is 0.255 e. The van der Waals surface area contributed by atoms with Crippen LogP contribution in [0.2, 0.25) is 5.02 Å². The Kier molecular flexibility index (Phi) is 4.18. The number of nitrogens with zero attached hydrogens (tertiary/aromatic N) is 2. The van der Waals surface area contributed by atoms with Crippen molar-refractivity contribution in [2.45, 2.75) is 25.8 Å². The lowest BCUT2D eigenvalue weighted by Crippen LogP contribution is -2.41. The molecular weight excluding hydrogens is 300 g/mol. The van der Waals surface area contributed by atoms with Crippen molar-refractivity contribution < 1.29 is 4.79 Å². The van der Waals surface area contributed by atoms with Crippen LogP contribution in [0.3, 0.4) is 0 Å². The Balaban J connectivity index is 1.79. The van der Waals surface area contributed by atoms with Crippen molar-refractivity contribution in [2.24, 2.45) is 11.7 Å². The molecule has 1 amide bonds. The average molecular weight is 319 g/mol. The largest absolute Gasteiger partial charge is 0.348 e. The minimum Gasteiger partial charge on any atom is -0.348 e. The van der Waals surface area contributed by atoms with Gasteiger partial charge in [0.1, 0.15) is 0 Å². The molecule has 6 heteroatoms. The molecule has 0 saturated heterocycles. The first-order chi connectivity index (χ1) is 10.6. The Morgan fingerprint density at radius 2 is 2.14 bits per heavy atom. The lowest BCUT2D eigenvalue weighted by Gasteiger charge is -2.15. The third kappa shape index (κ3) is 3.15. The molecule has 1 atom stereocenters. The number of halogens is 1. The summed E-state index contributed by atoms with van der Waals surface area (Å²) in [5, 5.41) is 8.10. The number of hydrogen-bond donors (Lipinski definition) is 2. The summed E-state index contributed by atoms with van der Waals surface area (Å²) in [4.78, 5) is 12.4. The third-order valence-corrected chi connectivity index (χ3v) is 4.25. The van der Waals surface area contributed by atoms with E-state index >= 15 is 0 Å². The first kappa shape index (κ1) is 15.1. The number of nitrogens with two attached hydrogens (primary N) is 1. The highest BCUT2D eigenvalue weighted by atomic mass is 35.5. The Hall–Kier alpha value is -1.85. The van der Waals surface area contributed by atoms with Crippen molar-refractivity contribution in [3.63, 3.8) is 0 Å². The Morgan fingerprint density at radius 1 is 1.45 bits per heavy atom. The summed E-state index contributed by atoms with van der Waals surface area (Å²) in [5.74, 6) is 0.417. The van der Waals surface area contributed by atoms with Gasteiger partial charge in [0.25, 0.3) is 5.91 Å². The van der Waals surface area contributed by atoms with E-state index in [1.807, 2.05) is 19.1 Å². The van der Waals surface area contributed by atoms with Crippen molar-refractivity contribution in [3.8, 4) is 5.69 Å². The summed E-state index contributed by atoms with van der Waals surface area (Å²) >= 11 is 5.89. The average Bonchev–Trinajstić information content (AvgIpc) is 3.27. The monoisotopic (exact) mass is 318 g/mol. The maximum absolute atomic E-state index is 12.4. The maximum Gasteiger partial charge on any atom is 0.255 e. The molecule has 0 spiro atoms. The molecule has 116 valence electrons. The summed E-state index contributed by atoms with van der Waals surface area (Å²) in [6.07, 6.45) is 4.03. The van der Waals surface area contributed by atoms with Crippen LogP contribution in [0.4, 0.5) is 0 Å². The van der Waals surface area contributed by atoms with Crippen LogP contribution < -0.4 is 11.1 Å². The van der Waals surface area contributed by atoms with Crippen LogP contribution in [-0.2, 0) is 0 Å². The molecule has 0 radical (unpaired) electrons. The van der Waals surface area contributed by atoms with Crippen molar-refractivity contribution in [3.05, 3.63) is 46.7 Å². The molecule has 0 bridgehead atoms. The van der Waals surface area contributed by atoms with E-state index in [9.17, 15) is 4.79 Å². The second kappa shape index (κ2) is 6.10. The van der Waals surface area contributed by atoms with Gasteiger partial charge in [-0.05, 0) is 49.9 Å². The van der Waals surface area contributed by atoms with E-state index < -0.39 is 0 Å². The quantitative estimate of drug-likeness (QED) is 0.888. The Bertz CT molecular complexity index is 676. The molecule has 3 rings (SSSR count). The van der Waals surface area contributed by atoms with Crippen LogP contribution in [0.5, 0.6) is 0 Å². The summed E-state index contributed by atoms with van der Waals surface area (Å²) in [7, 11) is 0. The van der Waals surface area contributed by atoms with Gasteiger partial charge in [-0.3, -0.25) is 4.79 Å². The number of carbonyl (C=O) groups is 1. The third-order valence-electron chi connectivity index (χ3n) is 4.00. The topological polar surface area (TPSA) is 72.9 Å². The number of aryl methyl sites for hydroxylation is 1. The second-order valence-electron chi connectivity index (χ2n) is 5.70. The molecule has 1 aliphatic carbocycles. The first-order valence-electron chi connectivity index (χ1n) is 7.41.